The molecule has 0 radical (unpaired) electrons. The molecule has 0 aliphatic carbocycles. The summed E-state index contributed by atoms with van der Waals surface area (Å²) in [6, 6.07) is 6.22. The van der Waals surface area contributed by atoms with Crippen molar-refractivity contribution in [3.8, 4) is 11.5 Å². The van der Waals surface area contributed by atoms with Crippen molar-refractivity contribution >= 4 is 0 Å². The quantitative estimate of drug-likeness (QED) is 0.783. The van der Waals surface area contributed by atoms with Crippen molar-refractivity contribution in [2.75, 3.05) is 13.7 Å². The van der Waals surface area contributed by atoms with E-state index in [4.69, 9.17) is 15.2 Å². The molecule has 19 heavy (non-hydrogen) atoms. The molecule has 1 atom stereocenters. The zero-order valence-corrected chi connectivity index (χ0v) is 12.6. The molecule has 1 aromatic carbocycles. The van der Waals surface area contributed by atoms with Crippen molar-refractivity contribution in [3.05, 3.63) is 23.8 Å². The third-order valence-electron chi connectivity index (χ3n) is 3.41. The number of rotatable bonds is 8. The van der Waals surface area contributed by atoms with Gasteiger partial charge in [-0.15, -0.1) is 0 Å². The molecule has 0 saturated heterocycles. The fraction of sp³-hybridized carbons (Fsp3) is 0.625. The van der Waals surface area contributed by atoms with E-state index in [1.165, 1.54) is 5.56 Å². The highest BCUT2D eigenvalue weighted by Crippen LogP contribution is 2.29. The predicted molar refractivity (Wildman–Crippen MR) is 79.9 cm³/mol. The van der Waals surface area contributed by atoms with E-state index in [9.17, 15) is 0 Å². The van der Waals surface area contributed by atoms with Gasteiger partial charge in [-0.2, -0.15) is 0 Å². The average molecular weight is 265 g/mol. The smallest absolute Gasteiger partial charge is 0.161 e. The number of methoxy groups -OCH3 is 1. The standard InChI is InChI=1S/C16H27NO2/c1-5-13(6-2)11-19-15-8-7-14(9-12(3)17)10-16(15)18-4/h7-8,10,12-13H,5-6,9,11,17H2,1-4H3. The molecule has 0 saturated carbocycles. The Balaban J connectivity index is 2.72. The van der Waals surface area contributed by atoms with Gasteiger partial charge in [-0.05, 0) is 37.0 Å². The van der Waals surface area contributed by atoms with E-state index in [0.29, 0.717) is 5.92 Å². The highest BCUT2D eigenvalue weighted by atomic mass is 16.5. The third-order valence-corrected chi connectivity index (χ3v) is 3.41. The van der Waals surface area contributed by atoms with Crippen LogP contribution in [0.3, 0.4) is 0 Å². The molecule has 0 heterocycles. The van der Waals surface area contributed by atoms with Crippen LogP contribution in [0.25, 0.3) is 0 Å². The summed E-state index contributed by atoms with van der Waals surface area (Å²) in [5.41, 5.74) is 7.00. The van der Waals surface area contributed by atoms with Crippen LogP contribution in [-0.4, -0.2) is 19.8 Å². The summed E-state index contributed by atoms with van der Waals surface area (Å²) in [6.07, 6.45) is 3.13. The Labute approximate surface area is 117 Å². The molecule has 0 amide bonds. The summed E-state index contributed by atoms with van der Waals surface area (Å²) in [7, 11) is 1.68. The fourth-order valence-electron chi connectivity index (χ4n) is 2.06. The second-order valence-electron chi connectivity index (χ2n) is 5.16. The first-order valence-electron chi connectivity index (χ1n) is 7.15. The molecule has 0 bridgehead atoms. The Hall–Kier alpha value is -1.22. The van der Waals surface area contributed by atoms with Crippen molar-refractivity contribution in [1.29, 1.82) is 0 Å². The number of nitrogens with two attached hydrogens (primary N) is 1. The monoisotopic (exact) mass is 265 g/mol. The summed E-state index contributed by atoms with van der Waals surface area (Å²) in [5.74, 6) is 2.22. The molecule has 1 unspecified atom stereocenters. The molecular weight excluding hydrogens is 238 g/mol. The molecule has 0 aromatic heterocycles. The first-order chi connectivity index (χ1) is 9.10. The normalized spacial score (nSPS) is 12.5. The second kappa shape index (κ2) is 8.05. The summed E-state index contributed by atoms with van der Waals surface area (Å²) >= 11 is 0. The van der Waals surface area contributed by atoms with Crippen LogP contribution in [0.5, 0.6) is 11.5 Å². The largest absolute Gasteiger partial charge is 0.493 e. The Morgan fingerprint density at radius 1 is 1.16 bits per heavy atom. The Morgan fingerprint density at radius 2 is 1.84 bits per heavy atom. The van der Waals surface area contributed by atoms with Crippen LogP contribution in [0.1, 0.15) is 39.2 Å². The third kappa shape index (κ3) is 5.11. The lowest BCUT2D eigenvalue weighted by molar-refractivity contribution is 0.230. The highest BCUT2D eigenvalue weighted by molar-refractivity contribution is 5.43. The van der Waals surface area contributed by atoms with Crippen molar-refractivity contribution in [2.24, 2.45) is 11.7 Å². The van der Waals surface area contributed by atoms with Crippen LogP contribution in [-0.2, 0) is 6.42 Å². The molecule has 0 aliphatic rings. The van der Waals surface area contributed by atoms with Gasteiger partial charge in [-0.3, -0.25) is 0 Å². The van der Waals surface area contributed by atoms with Gasteiger partial charge in [0.15, 0.2) is 11.5 Å². The van der Waals surface area contributed by atoms with Gasteiger partial charge in [0.2, 0.25) is 0 Å². The van der Waals surface area contributed by atoms with Crippen LogP contribution < -0.4 is 15.2 Å². The lowest BCUT2D eigenvalue weighted by atomic mass is 10.1. The number of hydrogen-bond donors (Lipinski definition) is 1. The Bertz CT molecular complexity index is 373. The summed E-state index contributed by atoms with van der Waals surface area (Å²) in [5, 5.41) is 0. The molecule has 0 aliphatic heterocycles. The lowest BCUT2D eigenvalue weighted by Crippen LogP contribution is -2.17. The van der Waals surface area contributed by atoms with E-state index in [1.54, 1.807) is 7.11 Å². The zero-order valence-electron chi connectivity index (χ0n) is 12.6. The second-order valence-corrected chi connectivity index (χ2v) is 5.16. The summed E-state index contributed by atoms with van der Waals surface area (Å²) in [4.78, 5) is 0. The maximum Gasteiger partial charge on any atom is 0.161 e. The van der Waals surface area contributed by atoms with Crippen molar-refractivity contribution < 1.29 is 9.47 Å². The van der Waals surface area contributed by atoms with E-state index in [2.05, 4.69) is 19.9 Å². The van der Waals surface area contributed by atoms with E-state index < -0.39 is 0 Å². The van der Waals surface area contributed by atoms with Crippen molar-refractivity contribution in [2.45, 2.75) is 46.1 Å². The van der Waals surface area contributed by atoms with E-state index >= 15 is 0 Å². The van der Waals surface area contributed by atoms with Gasteiger partial charge in [0.1, 0.15) is 0 Å². The molecule has 0 spiro atoms. The molecule has 0 fully saturated rings. The molecular formula is C16H27NO2. The Kier molecular flexibility index (Phi) is 6.71. The molecule has 3 nitrogen and oxygen atoms in total. The van der Waals surface area contributed by atoms with Crippen LogP contribution in [0.4, 0.5) is 0 Å². The van der Waals surface area contributed by atoms with E-state index in [0.717, 1.165) is 37.4 Å². The average Bonchev–Trinajstić information content (AvgIpc) is 2.40. The lowest BCUT2D eigenvalue weighted by Gasteiger charge is -2.16. The van der Waals surface area contributed by atoms with Gasteiger partial charge in [0.25, 0.3) is 0 Å². The van der Waals surface area contributed by atoms with Gasteiger partial charge >= 0.3 is 0 Å². The fourth-order valence-corrected chi connectivity index (χ4v) is 2.06. The van der Waals surface area contributed by atoms with Gasteiger partial charge < -0.3 is 15.2 Å². The van der Waals surface area contributed by atoms with Gasteiger partial charge in [-0.1, -0.05) is 32.8 Å². The SMILES string of the molecule is CCC(CC)COc1ccc(CC(C)N)cc1OC. The van der Waals surface area contributed by atoms with Crippen LogP contribution in [0, 0.1) is 5.92 Å². The topological polar surface area (TPSA) is 44.5 Å². The minimum atomic E-state index is 0.154. The number of ether oxygens (including phenoxy) is 2. The molecule has 1 aromatic rings. The minimum Gasteiger partial charge on any atom is -0.493 e. The number of benzene rings is 1. The first kappa shape index (κ1) is 15.8. The van der Waals surface area contributed by atoms with E-state index in [1.807, 2.05) is 19.1 Å². The highest BCUT2D eigenvalue weighted by Gasteiger charge is 2.10. The predicted octanol–water partition coefficient (Wildman–Crippen LogP) is 3.40. The maximum absolute atomic E-state index is 5.88. The van der Waals surface area contributed by atoms with Gasteiger partial charge in [-0.25, -0.2) is 0 Å². The van der Waals surface area contributed by atoms with Gasteiger partial charge in [0.05, 0.1) is 13.7 Å². The van der Waals surface area contributed by atoms with E-state index in [-0.39, 0.29) is 6.04 Å². The molecule has 2 N–H and O–H groups in total. The summed E-state index contributed by atoms with van der Waals surface area (Å²) in [6.45, 7) is 7.14. The molecule has 3 heteroatoms. The summed E-state index contributed by atoms with van der Waals surface area (Å²) < 4.78 is 11.3. The van der Waals surface area contributed by atoms with Crippen LogP contribution >= 0.6 is 0 Å². The van der Waals surface area contributed by atoms with Crippen molar-refractivity contribution in [3.63, 3.8) is 0 Å². The first-order valence-corrected chi connectivity index (χ1v) is 7.15. The van der Waals surface area contributed by atoms with Gasteiger partial charge in [0, 0.05) is 6.04 Å². The van der Waals surface area contributed by atoms with Crippen LogP contribution in [0.15, 0.2) is 18.2 Å². The molecule has 108 valence electrons. The minimum absolute atomic E-state index is 0.154. The molecule has 1 rings (SSSR count). The van der Waals surface area contributed by atoms with Crippen molar-refractivity contribution in [1.82, 2.24) is 0 Å². The van der Waals surface area contributed by atoms with Crippen LogP contribution in [0.2, 0.25) is 0 Å². The Morgan fingerprint density at radius 3 is 2.37 bits per heavy atom. The zero-order chi connectivity index (χ0) is 14.3. The number of hydrogen-bond acceptors (Lipinski definition) is 3. The maximum atomic E-state index is 5.88.